The lowest BCUT2D eigenvalue weighted by Gasteiger charge is -2.56. The van der Waals surface area contributed by atoms with Gasteiger partial charge in [-0.05, 0) is 111 Å². The van der Waals surface area contributed by atoms with Gasteiger partial charge < -0.3 is 0 Å². The number of nitrogens with zero attached hydrogens (tertiary/aromatic N) is 3. The summed E-state index contributed by atoms with van der Waals surface area (Å²) in [6.07, 6.45) is 12.2. The molecule has 6 rings (SSSR count). The van der Waals surface area contributed by atoms with Gasteiger partial charge in [-0.15, -0.1) is 5.10 Å². The van der Waals surface area contributed by atoms with Crippen molar-refractivity contribution in [2.24, 2.45) is 46.8 Å². The standard InChI is InChI=1S/C28H39N3O/c1-17-8-10-20-19(16-17)9-11-22-21(20)14-15-28(3)23(22)12-13-24(28)27(32)18(2)31-26-7-5-4-6-25(26)29-30-31/h4-7,17-24H,8-16H2,1-3H3. The zero-order chi connectivity index (χ0) is 22.0. The summed E-state index contributed by atoms with van der Waals surface area (Å²) in [6, 6.07) is 7.77. The molecular formula is C28H39N3O. The van der Waals surface area contributed by atoms with Gasteiger partial charge in [0.2, 0.25) is 0 Å². The Labute approximate surface area is 192 Å². The molecule has 0 spiro atoms. The van der Waals surface area contributed by atoms with Gasteiger partial charge in [-0.1, -0.05) is 37.6 Å². The van der Waals surface area contributed by atoms with E-state index in [2.05, 4.69) is 24.2 Å². The van der Waals surface area contributed by atoms with Gasteiger partial charge >= 0.3 is 0 Å². The summed E-state index contributed by atoms with van der Waals surface area (Å²) >= 11 is 0. The molecule has 0 amide bonds. The maximum absolute atomic E-state index is 13.9. The van der Waals surface area contributed by atoms with Crippen molar-refractivity contribution in [2.45, 2.75) is 84.6 Å². The lowest BCUT2D eigenvalue weighted by molar-refractivity contribution is -0.133. The first-order valence-electron chi connectivity index (χ1n) is 13.3. The molecule has 1 aromatic carbocycles. The predicted molar refractivity (Wildman–Crippen MR) is 127 cm³/mol. The van der Waals surface area contributed by atoms with Crippen LogP contribution in [0.3, 0.4) is 0 Å². The second kappa shape index (κ2) is 7.67. The SMILES string of the molecule is CC1CCC2C(CCC3C2CCC2(C)C(C(=O)C(C)n4nnc5ccccc54)CCC32)C1. The van der Waals surface area contributed by atoms with E-state index in [0.717, 1.165) is 53.0 Å². The minimum absolute atomic E-state index is 0.176. The Hall–Kier alpha value is -1.71. The van der Waals surface area contributed by atoms with Gasteiger partial charge in [0.05, 0.1) is 5.52 Å². The molecule has 4 aliphatic rings. The number of hydrogen-bond acceptors (Lipinski definition) is 3. The van der Waals surface area contributed by atoms with Crippen molar-refractivity contribution in [1.29, 1.82) is 0 Å². The topological polar surface area (TPSA) is 47.8 Å². The van der Waals surface area contributed by atoms with E-state index < -0.39 is 0 Å². The van der Waals surface area contributed by atoms with Crippen molar-refractivity contribution in [2.75, 3.05) is 0 Å². The highest BCUT2D eigenvalue weighted by Gasteiger charge is 2.58. The average molecular weight is 434 g/mol. The molecule has 4 aliphatic carbocycles. The molecule has 2 aromatic rings. The van der Waals surface area contributed by atoms with Crippen molar-refractivity contribution < 1.29 is 4.79 Å². The number of aromatic nitrogens is 3. The van der Waals surface area contributed by atoms with Crippen molar-refractivity contribution in [1.82, 2.24) is 15.0 Å². The monoisotopic (exact) mass is 433 g/mol. The summed E-state index contributed by atoms with van der Waals surface area (Å²) in [7, 11) is 0. The van der Waals surface area contributed by atoms with Crippen LogP contribution in [-0.4, -0.2) is 20.8 Å². The molecule has 9 atom stereocenters. The van der Waals surface area contributed by atoms with E-state index >= 15 is 0 Å². The first-order chi connectivity index (χ1) is 15.5. The fraction of sp³-hybridized carbons (Fsp3) is 0.750. The number of ketones is 1. The summed E-state index contributed by atoms with van der Waals surface area (Å²) in [4.78, 5) is 13.9. The maximum atomic E-state index is 13.9. The molecule has 1 aromatic heterocycles. The zero-order valence-electron chi connectivity index (χ0n) is 20.0. The quantitative estimate of drug-likeness (QED) is 0.557. The molecule has 0 saturated heterocycles. The molecule has 4 fully saturated rings. The highest BCUT2D eigenvalue weighted by molar-refractivity contribution is 5.87. The fourth-order valence-corrected chi connectivity index (χ4v) is 9.14. The third kappa shape index (κ3) is 3.04. The van der Waals surface area contributed by atoms with Crippen LogP contribution in [-0.2, 0) is 4.79 Å². The van der Waals surface area contributed by atoms with Gasteiger partial charge in [0.1, 0.15) is 11.6 Å². The van der Waals surface area contributed by atoms with Gasteiger partial charge in [0.25, 0.3) is 0 Å². The van der Waals surface area contributed by atoms with Crippen LogP contribution in [0.25, 0.3) is 11.0 Å². The van der Waals surface area contributed by atoms with Crippen LogP contribution >= 0.6 is 0 Å². The minimum atomic E-state index is -0.240. The summed E-state index contributed by atoms with van der Waals surface area (Å²) in [5.74, 6) is 6.02. The Balaban J connectivity index is 1.23. The van der Waals surface area contributed by atoms with E-state index in [1.165, 1.54) is 51.4 Å². The van der Waals surface area contributed by atoms with Crippen molar-refractivity contribution in [3.05, 3.63) is 24.3 Å². The lowest BCUT2D eigenvalue weighted by atomic mass is 9.49. The number of carbonyl (C=O) groups excluding carboxylic acids is 1. The fourth-order valence-electron chi connectivity index (χ4n) is 9.14. The van der Waals surface area contributed by atoms with Gasteiger partial charge in [-0.3, -0.25) is 4.79 Å². The Morgan fingerprint density at radius 3 is 2.72 bits per heavy atom. The van der Waals surface area contributed by atoms with E-state index in [0.29, 0.717) is 5.78 Å². The summed E-state index contributed by atoms with van der Waals surface area (Å²) in [5, 5.41) is 8.68. The second-order valence-electron chi connectivity index (χ2n) is 12.1. The number of fused-ring (bicyclic) bond motifs is 6. The average Bonchev–Trinajstić information content (AvgIpc) is 3.38. The number of para-hydroxylation sites is 1. The van der Waals surface area contributed by atoms with Crippen LogP contribution in [0.1, 0.15) is 84.6 Å². The third-order valence-corrected chi connectivity index (χ3v) is 10.7. The Morgan fingerprint density at radius 1 is 1.03 bits per heavy atom. The van der Waals surface area contributed by atoms with Crippen LogP contribution < -0.4 is 0 Å². The molecule has 32 heavy (non-hydrogen) atoms. The molecular weight excluding hydrogens is 394 g/mol. The van der Waals surface area contributed by atoms with Gasteiger partial charge in [-0.2, -0.15) is 0 Å². The zero-order valence-corrected chi connectivity index (χ0v) is 20.0. The van der Waals surface area contributed by atoms with Gasteiger partial charge in [0.15, 0.2) is 5.78 Å². The first-order valence-corrected chi connectivity index (χ1v) is 13.3. The van der Waals surface area contributed by atoms with Crippen molar-refractivity contribution in [3.8, 4) is 0 Å². The Morgan fingerprint density at radius 2 is 1.84 bits per heavy atom. The third-order valence-electron chi connectivity index (χ3n) is 10.7. The van der Waals surface area contributed by atoms with Crippen molar-refractivity contribution >= 4 is 16.8 Å². The predicted octanol–water partition coefficient (Wildman–Crippen LogP) is 6.47. The maximum Gasteiger partial charge on any atom is 0.160 e. The van der Waals surface area contributed by atoms with Crippen LogP contribution in [0.4, 0.5) is 0 Å². The minimum Gasteiger partial charge on any atom is -0.297 e. The molecule has 4 heteroatoms. The van der Waals surface area contributed by atoms with Crippen LogP contribution in [0, 0.1) is 46.8 Å². The number of Topliss-reactive ketones (excluding diaryl/α,β-unsaturated/α-hetero) is 1. The largest absolute Gasteiger partial charge is 0.297 e. The molecule has 172 valence electrons. The first kappa shape index (κ1) is 20.9. The van der Waals surface area contributed by atoms with Crippen LogP contribution in [0.5, 0.6) is 0 Å². The lowest BCUT2D eigenvalue weighted by Crippen LogP contribution is -2.49. The number of benzene rings is 1. The normalized spacial score (nSPS) is 42.2. The number of hydrogen-bond donors (Lipinski definition) is 0. The molecule has 0 radical (unpaired) electrons. The number of carbonyl (C=O) groups is 1. The summed E-state index contributed by atoms with van der Waals surface area (Å²) in [6.45, 7) is 6.98. The van der Waals surface area contributed by atoms with E-state index in [1.54, 1.807) is 0 Å². The van der Waals surface area contributed by atoms with Gasteiger partial charge in [0, 0.05) is 5.92 Å². The van der Waals surface area contributed by atoms with Crippen LogP contribution in [0.15, 0.2) is 24.3 Å². The smallest absolute Gasteiger partial charge is 0.160 e. The van der Waals surface area contributed by atoms with Gasteiger partial charge in [-0.25, -0.2) is 4.68 Å². The van der Waals surface area contributed by atoms with E-state index in [1.807, 2.05) is 35.9 Å². The molecule has 0 bridgehead atoms. The molecule has 9 unspecified atom stereocenters. The molecule has 0 N–H and O–H groups in total. The van der Waals surface area contributed by atoms with E-state index in [-0.39, 0.29) is 17.4 Å². The number of rotatable bonds is 3. The van der Waals surface area contributed by atoms with E-state index in [4.69, 9.17) is 0 Å². The van der Waals surface area contributed by atoms with Crippen molar-refractivity contribution in [3.63, 3.8) is 0 Å². The molecule has 4 saturated carbocycles. The molecule has 1 heterocycles. The molecule has 0 aliphatic heterocycles. The second-order valence-corrected chi connectivity index (χ2v) is 12.1. The summed E-state index contributed by atoms with van der Waals surface area (Å²) in [5.41, 5.74) is 2.03. The summed E-state index contributed by atoms with van der Waals surface area (Å²) < 4.78 is 1.87. The Bertz CT molecular complexity index is 1010. The molecule has 4 nitrogen and oxygen atoms in total. The van der Waals surface area contributed by atoms with Crippen LogP contribution in [0.2, 0.25) is 0 Å². The Kier molecular flexibility index (Phi) is 5.00. The highest BCUT2D eigenvalue weighted by atomic mass is 16.1. The van der Waals surface area contributed by atoms with E-state index in [9.17, 15) is 4.79 Å². The highest BCUT2D eigenvalue weighted by Crippen LogP contribution is 2.64.